The Labute approximate surface area is 218 Å². The molecule has 38 heavy (non-hydrogen) atoms. The molecule has 0 radical (unpaired) electrons. The second-order valence-corrected chi connectivity index (χ2v) is 8.92. The average Bonchev–Trinajstić information content (AvgIpc) is 3.36. The van der Waals surface area contributed by atoms with E-state index in [1.165, 1.54) is 25.3 Å². The molecule has 2 unspecified atom stereocenters. The molecule has 10 heteroatoms. The van der Waals surface area contributed by atoms with E-state index in [0.29, 0.717) is 11.1 Å². The number of carbonyl (C=O) groups is 2. The molecule has 2 heterocycles. The summed E-state index contributed by atoms with van der Waals surface area (Å²) < 4.78 is 10.7. The van der Waals surface area contributed by atoms with Crippen molar-refractivity contribution in [2.24, 2.45) is 0 Å². The number of anilines is 1. The maximum absolute atomic E-state index is 14.1. The van der Waals surface area contributed by atoms with Gasteiger partial charge in [-0.05, 0) is 23.8 Å². The fourth-order valence-electron chi connectivity index (χ4n) is 5.11. The van der Waals surface area contributed by atoms with E-state index in [0.717, 1.165) is 16.5 Å². The summed E-state index contributed by atoms with van der Waals surface area (Å²) in [4.78, 5) is 43.7. The third-order valence-corrected chi connectivity index (χ3v) is 6.85. The van der Waals surface area contributed by atoms with E-state index < -0.39 is 22.8 Å². The number of nitrogens with one attached hydrogen (secondary N) is 2. The number of aromatic amines is 1. The van der Waals surface area contributed by atoms with E-state index in [9.17, 15) is 19.7 Å². The SMILES string of the molecule is COCCN1C(=O)c2ccccc2C(C(=O)Nc2cc([N+](=O)[O-])ccc2OC)C1c1c[nH]c2ccccc12. The van der Waals surface area contributed by atoms with Crippen molar-refractivity contribution in [2.45, 2.75) is 12.0 Å². The number of hydrogen-bond acceptors (Lipinski definition) is 6. The molecule has 0 bridgehead atoms. The largest absolute Gasteiger partial charge is 0.495 e. The van der Waals surface area contributed by atoms with Gasteiger partial charge in [-0.15, -0.1) is 0 Å². The zero-order valence-corrected chi connectivity index (χ0v) is 20.8. The summed E-state index contributed by atoms with van der Waals surface area (Å²) in [6, 6.07) is 18.1. The van der Waals surface area contributed by atoms with Gasteiger partial charge in [0.15, 0.2) is 0 Å². The number of fused-ring (bicyclic) bond motifs is 2. The van der Waals surface area contributed by atoms with Gasteiger partial charge in [-0.2, -0.15) is 0 Å². The van der Waals surface area contributed by atoms with Crippen LogP contribution in [0.4, 0.5) is 11.4 Å². The number of non-ortho nitro benzene ring substituents is 1. The van der Waals surface area contributed by atoms with Crippen LogP contribution in [0.15, 0.2) is 72.9 Å². The highest BCUT2D eigenvalue weighted by molar-refractivity contribution is 6.05. The van der Waals surface area contributed by atoms with Gasteiger partial charge in [0.1, 0.15) is 5.75 Å². The van der Waals surface area contributed by atoms with Crippen molar-refractivity contribution >= 4 is 34.1 Å². The number of nitro groups is 1. The number of benzene rings is 3. The topological polar surface area (TPSA) is 127 Å². The Kier molecular flexibility index (Phi) is 6.80. The molecule has 194 valence electrons. The standard InChI is InChI=1S/C28H26N4O6/c1-37-14-13-31-26(21-16-29-22-10-6-5-7-18(21)22)25(19-8-3-4-9-20(19)28(31)34)27(33)30-23-15-17(32(35)36)11-12-24(23)38-2/h3-12,15-16,25-26,29H,13-14H2,1-2H3,(H,30,33). The fourth-order valence-corrected chi connectivity index (χ4v) is 5.11. The number of nitrogens with zero attached hydrogens (tertiary/aromatic N) is 2. The highest BCUT2D eigenvalue weighted by atomic mass is 16.6. The number of para-hydroxylation sites is 1. The van der Waals surface area contributed by atoms with Crippen LogP contribution >= 0.6 is 0 Å². The molecule has 1 aliphatic heterocycles. The fraction of sp³-hybridized carbons (Fsp3) is 0.214. The summed E-state index contributed by atoms with van der Waals surface area (Å²) in [6.45, 7) is 0.539. The smallest absolute Gasteiger partial charge is 0.271 e. The van der Waals surface area contributed by atoms with Gasteiger partial charge in [0, 0.05) is 54.0 Å². The highest BCUT2D eigenvalue weighted by Gasteiger charge is 2.45. The van der Waals surface area contributed by atoms with Crippen molar-refractivity contribution in [1.29, 1.82) is 0 Å². The third-order valence-electron chi connectivity index (χ3n) is 6.85. The van der Waals surface area contributed by atoms with Gasteiger partial charge in [0.2, 0.25) is 5.91 Å². The Morgan fingerprint density at radius 2 is 1.84 bits per heavy atom. The molecule has 2 atom stereocenters. The molecule has 0 spiro atoms. The van der Waals surface area contributed by atoms with Gasteiger partial charge in [0.05, 0.1) is 36.3 Å². The number of carbonyl (C=O) groups excluding carboxylic acids is 2. The number of rotatable bonds is 8. The van der Waals surface area contributed by atoms with Crippen LogP contribution in [0.3, 0.4) is 0 Å². The van der Waals surface area contributed by atoms with E-state index in [1.54, 1.807) is 36.3 Å². The molecule has 5 rings (SSSR count). The quantitative estimate of drug-likeness (QED) is 0.260. The second kappa shape index (κ2) is 10.3. The number of aromatic nitrogens is 1. The lowest BCUT2D eigenvalue weighted by Crippen LogP contribution is -2.47. The van der Waals surface area contributed by atoms with Crippen molar-refractivity contribution in [3.8, 4) is 5.75 Å². The lowest BCUT2D eigenvalue weighted by molar-refractivity contribution is -0.384. The first kappa shape index (κ1) is 25.0. The molecule has 0 saturated heterocycles. The van der Waals surface area contributed by atoms with Crippen LogP contribution in [0.5, 0.6) is 5.75 Å². The maximum Gasteiger partial charge on any atom is 0.271 e. The number of nitro benzene ring substituents is 1. The molecule has 10 nitrogen and oxygen atoms in total. The maximum atomic E-state index is 14.1. The van der Waals surface area contributed by atoms with Crippen molar-refractivity contribution < 1.29 is 24.0 Å². The van der Waals surface area contributed by atoms with Gasteiger partial charge in [-0.3, -0.25) is 19.7 Å². The summed E-state index contributed by atoms with van der Waals surface area (Å²) >= 11 is 0. The monoisotopic (exact) mass is 514 g/mol. The molecule has 2 amide bonds. The number of ether oxygens (including phenoxy) is 2. The lowest BCUT2D eigenvalue weighted by Gasteiger charge is -2.41. The minimum atomic E-state index is -0.830. The Bertz CT molecular complexity index is 1530. The molecule has 4 aromatic rings. The van der Waals surface area contributed by atoms with Crippen molar-refractivity contribution in [1.82, 2.24) is 9.88 Å². The minimum absolute atomic E-state index is 0.169. The molecular formula is C28H26N4O6. The summed E-state index contributed by atoms with van der Waals surface area (Å²) in [5.74, 6) is -1.18. The molecular weight excluding hydrogens is 488 g/mol. The van der Waals surface area contributed by atoms with E-state index in [2.05, 4.69) is 10.3 Å². The Morgan fingerprint density at radius 1 is 1.08 bits per heavy atom. The van der Waals surface area contributed by atoms with Crippen LogP contribution in [0, 0.1) is 10.1 Å². The number of hydrogen-bond donors (Lipinski definition) is 2. The predicted octanol–water partition coefficient (Wildman–Crippen LogP) is 4.65. The zero-order chi connectivity index (χ0) is 26.8. The summed E-state index contributed by atoms with van der Waals surface area (Å²) in [6.07, 6.45) is 1.82. The number of amides is 2. The van der Waals surface area contributed by atoms with Crippen LogP contribution in [-0.2, 0) is 9.53 Å². The van der Waals surface area contributed by atoms with Gasteiger partial charge < -0.3 is 24.7 Å². The molecule has 1 aromatic heterocycles. The molecule has 0 saturated carbocycles. The van der Waals surface area contributed by atoms with Gasteiger partial charge in [-0.1, -0.05) is 36.4 Å². The Morgan fingerprint density at radius 3 is 2.61 bits per heavy atom. The summed E-state index contributed by atoms with van der Waals surface area (Å²) in [5.41, 5.74) is 2.64. The normalized spacial score (nSPS) is 16.8. The van der Waals surface area contributed by atoms with E-state index in [1.807, 2.05) is 30.5 Å². The number of methoxy groups -OCH3 is 2. The van der Waals surface area contributed by atoms with E-state index in [4.69, 9.17) is 9.47 Å². The van der Waals surface area contributed by atoms with Crippen molar-refractivity contribution in [3.63, 3.8) is 0 Å². The van der Waals surface area contributed by atoms with Gasteiger partial charge in [-0.25, -0.2) is 0 Å². The average molecular weight is 515 g/mol. The third kappa shape index (κ3) is 4.35. The Balaban J connectivity index is 1.67. The van der Waals surface area contributed by atoms with E-state index >= 15 is 0 Å². The van der Waals surface area contributed by atoms with Crippen LogP contribution in [0.25, 0.3) is 10.9 Å². The zero-order valence-electron chi connectivity index (χ0n) is 20.8. The first-order chi connectivity index (χ1) is 18.4. The second-order valence-electron chi connectivity index (χ2n) is 8.92. The minimum Gasteiger partial charge on any atom is -0.495 e. The number of H-pyrrole nitrogens is 1. The first-order valence-corrected chi connectivity index (χ1v) is 12.0. The molecule has 0 fully saturated rings. The molecule has 0 aliphatic carbocycles. The molecule has 3 aromatic carbocycles. The summed E-state index contributed by atoms with van der Waals surface area (Å²) in [7, 11) is 2.98. The predicted molar refractivity (Wildman–Crippen MR) is 141 cm³/mol. The Hall–Kier alpha value is -4.70. The molecule has 1 aliphatic rings. The van der Waals surface area contributed by atoms with Crippen LogP contribution < -0.4 is 10.1 Å². The lowest BCUT2D eigenvalue weighted by atomic mass is 9.79. The van der Waals surface area contributed by atoms with Crippen molar-refractivity contribution in [2.75, 3.05) is 32.7 Å². The van der Waals surface area contributed by atoms with Crippen LogP contribution in [0.1, 0.15) is 33.4 Å². The van der Waals surface area contributed by atoms with Crippen LogP contribution in [0.2, 0.25) is 0 Å². The van der Waals surface area contributed by atoms with Crippen LogP contribution in [-0.4, -0.2) is 54.0 Å². The molecule has 2 N–H and O–H groups in total. The van der Waals surface area contributed by atoms with E-state index in [-0.39, 0.29) is 36.2 Å². The van der Waals surface area contributed by atoms with Crippen molar-refractivity contribution in [3.05, 3.63) is 99.7 Å². The highest BCUT2D eigenvalue weighted by Crippen LogP contribution is 2.45. The first-order valence-electron chi connectivity index (χ1n) is 12.0. The van der Waals surface area contributed by atoms with Gasteiger partial charge >= 0.3 is 0 Å². The van der Waals surface area contributed by atoms with Gasteiger partial charge in [0.25, 0.3) is 11.6 Å². The summed E-state index contributed by atoms with van der Waals surface area (Å²) in [5, 5.41) is 15.1.